The number of morpholine rings is 1. The van der Waals surface area contributed by atoms with E-state index in [9.17, 15) is 18.0 Å². The number of H-pyrrole nitrogens is 1. The van der Waals surface area contributed by atoms with Crippen molar-refractivity contribution in [3.63, 3.8) is 0 Å². The molecule has 0 aliphatic carbocycles. The number of carbonyl (C=O) groups is 2. The van der Waals surface area contributed by atoms with E-state index in [1.165, 1.54) is 12.1 Å². The van der Waals surface area contributed by atoms with Gasteiger partial charge in [0.2, 0.25) is 0 Å². The van der Waals surface area contributed by atoms with Gasteiger partial charge in [-0.25, -0.2) is 8.42 Å². The van der Waals surface area contributed by atoms with Crippen LogP contribution in [0.25, 0.3) is 11.6 Å². The highest BCUT2D eigenvalue weighted by atomic mass is 35.5. The molecular formula is C32H34Cl2N4O5S. The summed E-state index contributed by atoms with van der Waals surface area (Å²) >= 11 is 12.5. The molecule has 0 bridgehead atoms. The number of aromatic nitrogens is 1. The molecule has 0 saturated carbocycles. The lowest BCUT2D eigenvalue weighted by Crippen LogP contribution is -2.50. The van der Waals surface area contributed by atoms with Crippen LogP contribution in [0.4, 0.5) is 5.69 Å². The van der Waals surface area contributed by atoms with Gasteiger partial charge in [0.1, 0.15) is 0 Å². The second kappa shape index (κ2) is 12.3. The number of nitrogens with zero attached hydrogens (tertiary/aromatic N) is 2. The summed E-state index contributed by atoms with van der Waals surface area (Å²) < 4.78 is 32.3. The lowest BCUT2D eigenvalue weighted by Gasteiger charge is -2.40. The van der Waals surface area contributed by atoms with Gasteiger partial charge in [0.15, 0.2) is 9.84 Å². The molecule has 2 N–H and O–H groups in total. The van der Waals surface area contributed by atoms with Crippen molar-refractivity contribution < 1.29 is 22.7 Å². The Balaban J connectivity index is 1.24. The Morgan fingerprint density at radius 3 is 2.41 bits per heavy atom. The average molecular weight is 658 g/mol. The number of ether oxygens (including phenoxy) is 1. The predicted octanol–water partition coefficient (Wildman–Crippen LogP) is 5.34. The minimum atomic E-state index is -3.84. The molecule has 2 fully saturated rings. The second-order valence-electron chi connectivity index (χ2n) is 11.5. The molecule has 12 heteroatoms. The Morgan fingerprint density at radius 1 is 1.05 bits per heavy atom. The zero-order valence-electron chi connectivity index (χ0n) is 24.6. The van der Waals surface area contributed by atoms with Crippen molar-refractivity contribution in [1.82, 2.24) is 14.8 Å². The first kappa shape index (κ1) is 30.9. The summed E-state index contributed by atoms with van der Waals surface area (Å²) in [6, 6.07) is 9.85. The number of rotatable bonds is 6. The van der Waals surface area contributed by atoms with E-state index in [-0.39, 0.29) is 32.5 Å². The van der Waals surface area contributed by atoms with Crippen molar-refractivity contribution in [2.45, 2.75) is 43.4 Å². The summed E-state index contributed by atoms with van der Waals surface area (Å²) in [5.74, 6) is -0.757. The molecule has 3 aromatic rings. The smallest absolute Gasteiger partial charge is 0.256 e. The lowest BCUT2D eigenvalue weighted by atomic mass is 10.00. The van der Waals surface area contributed by atoms with Crippen LogP contribution in [-0.4, -0.2) is 80.5 Å². The molecule has 1 aromatic heterocycles. The van der Waals surface area contributed by atoms with Gasteiger partial charge in [0.25, 0.3) is 11.8 Å². The van der Waals surface area contributed by atoms with Crippen LogP contribution in [0.2, 0.25) is 10.0 Å². The zero-order valence-corrected chi connectivity index (χ0v) is 26.9. The fourth-order valence-corrected chi connectivity index (χ4v) is 8.49. The minimum Gasteiger partial charge on any atom is -0.379 e. The molecule has 6 rings (SSSR count). The number of likely N-dealkylation sites (tertiary alicyclic amines) is 1. The van der Waals surface area contributed by atoms with Crippen molar-refractivity contribution in [1.29, 1.82) is 0 Å². The van der Waals surface area contributed by atoms with Gasteiger partial charge in [0, 0.05) is 70.5 Å². The normalized spacial score (nSPS) is 19.0. The molecule has 0 atom stereocenters. The predicted molar refractivity (Wildman–Crippen MR) is 172 cm³/mol. The van der Waals surface area contributed by atoms with E-state index in [0.717, 1.165) is 50.4 Å². The maximum atomic E-state index is 13.7. The van der Waals surface area contributed by atoms with Gasteiger partial charge >= 0.3 is 0 Å². The van der Waals surface area contributed by atoms with Crippen LogP contribution in [0.5, 0.6) is 0 Å². The van der Waals surface area contributed by atoms with E-state index in [4.69, 9.17) is 27.9 Å². The number of hydrogen-bond donors (Lipinski definition) is 2. The highest BCUT2D eigenvalue weighted by Crippen LogP contribution is 2.37. The Bertz CT molecular complexity index is 1750. The SMILES string of the molecule is Cc1[nH]c(C=C2C(=O)Nc3ccc(S(=O)(=O)Cc4c(Cl)cccc4Cl)cc32)c(C)c1C(=O)N1CCC(N2CCOCC2)CC1. The van der Waals surface area contributed by atoms with Crippen LogP contribution >= 0.6 is 23.2 Å². The molecule has 9 nitrogen and oxygen atoms in total. The highest BCUT2D eigenvalue weighted by Gasteiger charge is 2.32. The van der Waals surface area contributed by atoms with Crippen LogP contribution in [0, 0.1) is 13.8 Å². The van der Waals surface area contributed by atoms with Crippen LogP contribution in [0.3, 0.4) is 0 Å². The first-order valence-corrected chi connectivity index (χ1v) is 17.1. The number of piperidine rings is 1. The quantitative estimate of drug-likeness (QED) is 0.347. The Hall–Kier alpha value is -3.15. The lowest BCUT2D eigenvalue weighted by molar-refractivity contribution is -0.110. The summed E-state index contributed by atoms with van der Waals surface area (Å²) in [6.45, 7) is 8.49. The molecule has 0 radical (unpaired) electrons. The summed E-state index contributed by atoms with van der Waals surface area (Å²) in [4.78, 5) is 34.5. The van der Waals surface area contributed by atoms with Crippen molar-refractivity contribution in [2.75, 3.05) is 44.7 Å². The fraction of sp³-hybridized carbons (Fsp3) is 0.375. The number of carbonyl (C=O) groups excluding carboxylic acids is 2. The number of halogens is 2. The van der Waals surface area contributed by atoms with Crippen LogP contribution in [-0.2, 0) is 25.1 Å². The van der Waals surface area contributed by atoms with Crippen molar-refractivity contribution in [3.8, 4) is 0 Å². The maximum absolute atomic E-state index is 13.7. The van der Waals surface area contributed by atoms with Gasteiger partial charge in [-0.2, -0.15) is 0 Å². The summed E-state index contributed by atoms with van der Waals surface area (Å²) in [6.07, 6.45) is 3.54. The van der Waals surface area contributed by atoms with E-state index in [2.05, 4.69) is 15.2 Å². The second-order valence-corrected chi connectivity index (χ2v) is 14.3. The third kappa shape index (κ3) is 5.93. The monoisotopic (exact) mass is 656 g/mol. The van der Waals surface area contributed by atoms with E-state index in [0.29, 0.717) is 52.8 Å². The summed E-state index contributed by atoms with van der Waals surface area (Å²) in [5.41, 5.74) is 4.30. The van der Waals surface area contributed by atoms with Crippen molar-refractivity contribution in [3.05, 3.63) is 80.1 Å². The topological polar surface area (TPSA) is 112 Å². The van der Waals surface area contributed by atoms with Gasteiger partial charge < -0.3 is 19.9 Å². The number of fused-ring (bicyclic) bond motifs is 1. The summed E-state index contributed by atoms with van der Waals surface area (Å²) in [7, 11) is -3.84. The molecule has 0 unspecified atom stereocenters. The highest BCUT2D eigenvalue weighted by molar-refractivity contribution is 7.90. The van der Waals surface area contributed by atoms with E-state index < -0.39 is 9.84 Å². The zero-order chi connectivity index (χ0) is 31.2. The standard InChI is InChI=1S/C32H34Cl2N4O5S/c1-19-29(35-20(2)30(19)32(40)38-10-8-21(9-11-38)37-12-14-43-15-13-37)17-24-23-16-22(6-7-28(23)36-31(24)39)44(41,42)18-25-26(33)4-3-5-27(25)34/h3-7,16-17,21,35H,8-15,18H2,1-2H3,(H,36,39). The molecule has 0 spiro atoms. The number of hydrogen-bond acceptors (Lipinski definition) is 6. The third-order valence-corrected chi connectivity index (χ3v) is 11.2. The van der Waals surface area contributed by atoms with Gasteiger partial charge in [-0.05, 0) is 68.7 Å². The van der Waals surface area contributed by atoms with Crippen LogP contribution in [0.1, 0.15) is 51.3 Å². The van der Waals surface area contributed by atoms with E-state index >= 15 is 0 Å². The summed E-state index contributed by atoms with van der Waals surface area (Å²) in [5, 5.41) is 3.35. The maximum Gasteiger partial charge on any atom is 0.256 e. The largest absolute Gasteiger partial charge is 0.379 e. The molecule has 2 aromatic carbocycles. The molecule has 232 valence electrons. The molecule has 3 aliphatic rings. The molecule has 44 heavy (non-hydrogen) atoms. The number of anilines is 1. The molecule has 3 aliphatic heterocycles. The van der Waals surface area contributed by atoms with Gasteiger partial charge in [-0.3, -0.25) is 14.5 Å². The minimum absolute atomic E-state index is 0.0239. The van der Waals surface area contributed by atoms with E-state index in [1.807, 2.05) is 18.7 Å². The molecule has 2 amide bonds. The Morgan fingerprint density at radius 2 is 1.73 bits per heavy atom. The molecule has 2 saturated heterocycles. The Kier molecular flexibility index (Phi) is 8.65. The van der Waals surface area contributed by atoms with Crippen LogP contribution < -0.4 is 5.32 Å². The number of amides is 2. The van der Waals surface area contributed by atoms with Crippen molar-refractivity contribution in [2.24, 2.45) is 0 Å². The van der Waals surface area contributed by atoms with Gasteiger partial charge in [0.05, 0.1) is 35.0 Å². The third-order valence-electron chi connectivity index (χ3n) is 8.82. The number of nitrogens with one attached hydrogen (secondary N) is 2. The van der Waals surface area contributed by atoms with E-state index in [1.54, 1.807) is 30.3 Å². The number of aryl methyl sites for hydroxylation is 1. The first-order chi connectivity index (χ1) is 21.0. The number of benzene rings is 2. The fourth-order valence-electron chi connectivity index (χ4n) is 6.37. The average Bonchev–Trinajstić information content (AvgIpc) is 3.48. The number of aromatic amines is 1. The number of sulfone groups is 1. The van der Waals surface area contributed by atoms with Gasteiger partial charge in [-0.15, -0.1) is 0 Å². The Labute approximate surface area is 267 Å². The van der Waals surface area contributed by atoms with Gasteiger partial charge in [-0.1, -0.05) is 29.3 Å². The molecular weight excluding hydrogens is 623 g/mol. The van der Waals surface area contributed by atoms with Crippen LogP contribution in [0.15, 0.2) is 41.3 Å². The first-order valence-electron chi connectivity index (χ1n) is 14.7. The van der Waals surface area contributed by atoms with Crippen molar-refractivity contribution >= 4 is 62.2 Å². The molecule has 4 heterocycles.